The van der Waals surface area contributed by atoms with E-state index in [2.05, 4.69) is 66.5 Å². The molecule has 0 aromatic heterocycles. The van der Waals surface area contributed by atoms with Gasteiger partial charge in [0.25, 0.3) is 5.91 Å². The number of amides is 3. The highest BCUT2D eigenvalue weighted by molar-refractivity contribution is 6.05. The number of nitrogens with one attached hydrogen (secondary N) is 1. The summed E-state index contributed by atoms with van der Waals surface area (Å²) in [6.07, 6.45) is 1.74. The van der Waals surface area contributed by atoms with E-state index in [1.165, 1.54) is 11.1 Å². The van der Waals surface area contributed by atoms with Gasteiger partial charge in [-0.3, -0.25) is 24.6 Å². The Morgan fingerprint density at radius 1 is 1.03 bits per heavy atom. The lowest BCUT2D eigenvalue weighted by Crippen LogP contribution is -2.52. The maximum atomic E-state index is 13.0. The Morgan fingerprint density at radius 2 is 1.82 bits per heavy atom. The molecule has 172 valence electrons. The summed E-state index contributed by atoms with van der Waals surface area (Å²) in [6, 6.07) is 16.3. The Kier molecular flexibility index (Phi) is 5.57. The number of rotatable bonds is 4. The van der Waals surface area contributed by atoms with Gasteiger partial charge in [-0.2, -0.15) is 0 Å². The molecule has 2 atom stereocenters. The highest BCUT2D eigenvalue weighted by Gasteiger charge is 2.41. The van der Waals surface area contributed by atoms with Crippen LogP contribution in [-0.2, 0) is 22.7 Å². The average Bonchev–Trinajstić information content (AvgIpc) is 3.09. The van der Waals surface area contributed by atoms with Crippen molar-refractivity contribution < 1.29 is 14.4 Å². The van der Waals surface area contributed by atoms with Gasteiger partial charge in [-0.25, -0.2) is 0 Å². The van der Waals surface area contributed by atoms with Crippen LogP contribution in [0, 0.1) is 5.41 Å². The summed E-state index contributed by atoms with van der Waals surface area (Å²) in [5.41, 5.74) is 4.40. The summed E-state index contributed by atoms with van der Waals surface area (Å²) in [5, 5.41) is 2.37. The van der Waals surface area contributed by atoms with E-state index in [1.54, 1.807) is 4.90 Å². The standard InChI is InChI=1S/C27H31N3O3/c1-27(2)17-29(15-18-6-4-3-5-7-18)13-12-22(27)19-8-9-21-20(14-19)16-30(26(21)33)23-10-11-24(31)28-25(23)32/h3-9,14,22-23H,10-13,15-17H2,1-2H3,(H,28,31,32). The molecule has 6 nitrogen and oxygen atoms in total. The zero-order valence-corrected chi connectivity index (χ0v) is 19.3. The van der Waals surface area contributed by atoms with E-state index in [1.807, 2.05) is 6.07 Å². The summed E-state index contributed by atoms with van der Waals surface area (Å²) in [6.45, 7) is 8.14. The molecule has 0 bridgehead atoms. The fourth-order valence-corrected chi connectivity index (χ4v) is 5.87. The highest BCUT2D eigenvalue weighted by atomic mass is 16.2. The van der Waals surface area contributed by atoms with Crippen molar-refractivity contribution in [2.45, 2.75) is 58.2 Å². The minimum Gasteiger partial charge on any atom is -0.322 e. The maximum Gasteiger partial charge on any atom is 0.255 e. The van der Waals surface area contributed by atoms with E-state index >= 15 is 0 Å². The monoisotopic (exact) mass is 445 g/mol. The lowest BCUT2D eigenvalue weighted by Gasteiger charge is -2.45. The molecule has 2 unspecified atom stereocenters. The fraction of sp³-hybridized carbons (Fsp3) is 0.444. The van der Waals surface area contributed by atoms with E-state index in [4.69, 9.17) is 0 Å². The Morgan fingerprint density at radius 3 is 2.55 bits per heavy atom. The summed E-state index contributed by atoms with van der Waals surface area (Å²) in [5.74, 6) is -0.319. The first-order chi connectivity index (χ1) is 15.8. The van der Waals surface area contributed by atoms with Crippen LogP contribution in [0.5, 0.6) is 0 Å². The van der Waals surface area contributed by atoms with E-state index in [0.29, 0.717) is 24.4 Å². The van der Waals surface area contributed by atoms with E-state index in [9.17, 15) is 14.4 Å². The van der Waals surface area contributed by atoms with Crippen molar-refractivity contribution in [3.05, 3.63) is 70.8 Å². The normalized spacial score (nSPS) is 25.2. The van der Waals surface area contributed by atoms with Crippen molar-refractivity contribution in [3.8, 4) is 0 Å². The fourth-order valence-electron chi connectivity index (χ4n) is 5.87. The number of imide groups is 1. The van der Waals surface area contributed by atoms with Gasteiger partial charge in [0.1, 0.15) is 6.04 Å². The van der Waals surface area contributed by atoms with E-state index in [0.717, 1.165) is 31.6 Å². The number of nitrogens with zero attached hydrogens (tertiary/aromatic N) is 2. The second-order valence-electron chi connectivity index (χ2n) is 10.3. The Bertz CT molecular complexity index is 1100. The quantitative estimate of drug-likeness (QED) is 0.732. The first kappa shape index (κ1) is 21.8. The molecule has 0 saturated carbocycles. The van der Waals surface area contributed by atoms with Crippen LogP contribution < -0.4 is 5.32 Å². The second-order valence-corrected chi connectivity index (χ2v) is 10.3. The van der Waals surface area contributed by atoms with Crippen LogP contribution >= 0.6 is 0 Å². The predicted molar refractivity (Wildman–Crippen MR) is 125 cm³/mol. The lowest BCUT2D eigenvalue weighted by atomic mass is 9.70. The van der Waals surface area contributed by atoms with Crippen molar-refractivity contribution in [1.82, 2.24) is 15.1 Å². The van der Waals surface area contributed by atoms with Gasteiger partial charge in [-0.1, -0.05) is 56.3 Å². The van der Waals surface area contributed by atoms with Gasteiger partial charge >= 0.3 is 0 Å². The summed E-state index contributed by atoms with van der Waals surface area (Å²) >= 11 is 0. The first-order valence-corrected chi connectivity index (χ1v) is 11.9. The molecule has 1 N–H and O–H groups in total. The van der Waals surface area contributed by atoms with Crippen LogP contribution in [0.1, 0.15) is 66.1 Å². The van der Waals surface area contributed by atoms with E-state index in [-0.39, 0.29) is 29.6 Å². The van der Waals surface area contributed by atoms with Crippen LogP contribution in [0.2, 0.25) is 0 Å². The zero-order valence-electron chi connectivity index (χ0n) is 19.3. The molecule has 0 spiro atoms. The molecule has 0 aliphatic carbocycles. The molecular weight excluding hydrogens is 414 g/mol. The van der Waals surface area contributed by atoms with Gasteiger partial charge in [0.15, 0.2) is 0 Å². The van der Waals surface area contributed by atoms with Crippen molar-refractivity contribution in [2.75, 3.05) is 13.1 Å². The third-order valence-electron chi connectivity index (χ3n) is 7.51. The zero-order chi connectivity index (χ0) is 23.2. The predicted octanol–water partition coefficient (Wildman–Crippen LogP) is 3.46. The molecule has 2 fully saturated rings. The Hall–Kier alpha value is -2.99. The number of hydrogen-bond acceptors (Lipinski definition) is 4. The SMILES string of the molecule is CC1(C)CN(Cc2ccccc2)CCC1c1ccc2c(c1)CN(C1CCC(=O)NC1=O)C2=O. The maximum absolute atomic E-state index is 13.0. The average molecular weight is 446 g/mol. The second kappa shape index (κ2) is 8.41. The van der Waals surface area contributed by atoms with Crippen molar-refractivity contribution in [3.63, 3.8) is 0 Å². The lowest BCUT2D eigenvalue weighted by molar-refractivity contribution is -0.136. The molecule has 3 aliphatic rings. The van der Waals surface area contributed by atoms with Gasteiger partial charge in [0, 0.05) is 31.6 Å². The molecule has 0 radical (unpaired) electrons. The minimum atomic E-state index is -0.566. The molecule has 33 heavy (non-hydrogen) atoms. The number of hydrogen-bond donors (Lipinski definition) is 1. The van der Waals surface area contributed by atoms with Gasteiger partial charge < -0.3 is 4.90 Å². The van der Waals surface area contributed by atoms with Crippen LogP contribution in [0.4, 0.5) is 0 Å². The van der Waals surface area contributed by atoms with Gasteiger partial charge in [-0.15, -0.1) is 0 Å². The summed E-state index contributed by atoms with van der Waals surface area (Å²) < 4.78 is 0. The molecule has 2 saturated heterocycles. The number of carbonyl (C=O) groups excluding carboxylic acids is 3. The molecular formula is C27H31N3O3. The van der Waals surface area contributed by atoms with Crippen LogP contribution in [0.3, 0.4) is 0 Å². The van der Waals surface area contributed by atoms with Crippen LogP contribution in [0.25, 0.3) is 0 Å². The number of benzene rings is 2. The number of carbonyl (C=O) groups is 3. The Balaban J connectivity index is 1.31. The van der Waals surface area contributed by atoms with Crippen molar-refractivity contribution in [1.29, 1.82) is 0 Å². The summed E-state index contributed by atoms with van der Waals surface area (Å²) in [4.78, 5) is 41.0. The highest BCUT2D eigenvalue weighted by Crippen LogP contribution is 2.43. The molecule has 5 rings (SSSR count). The third kappa shape index (κ3) is 4.20. The van der Waals surface area contributed by atoms with Crippen molar-refractivity contribution >= 4 is 17.7 Å². The minimum absolute atomic E-state index is 0.104. The molecule has 2 aromatic rings. The molecule has 3 amide bonds. The number of likely N-dealkylation sites (tertiary alicyclic amines) is 1. The smallest absolute Gasteiger partial charge is 0.255 e. The Labute approximate surface area is 194 Å². The van der Waals surface area contributed by atoms with Gasteiger partial charge in [0.05, 0.1) is 0 Å². The van der Waals surface area contributed by atoms with E-state index < -0.39 is 6.04 Å². The first-order valence-electron chi connectivity index (χ1n) is 11.9. The number of fused-ring (bicyclic) bond motifs is 1. The molecule has 6 heteroatoms. The molecule has 3 aliphatic heterocycles. The van der Waals surface area contributed by atoms with Crippen molar-refractivity contribution in [2.24, 2.45) is 5.41 Å². The van der Waals surface area contributed by atoms with Gasteiger partial charge in [0.2, 0.25) is 11.8 Å². The third-order valence-corrected chi connectivity index (χ3v) is 7.51. The number of piperidine rings is 2. The van der Waals surface area contributed by atoms with Crippen LogP contribution in [-0.4, -0.2) is 46.7 Å². The topological polar surface area (TPSA) is 69.7 Å². The van der Waals surface area contributed by atoms with Crippen LogP contribution in [0.15, 0.2) is 48.5 Å². The van der Waals surface area contributed by atoms with Gasteiger partial charge in [-0.05, 0) is 53.5 Å². The molecule has 2 aromatic carbocycles. The largest absolute Gasteiger partial charge is 0.322 e. The summed E-state index contributed by atoms with van der Waals surface area (Å²) in [7, 11) is 0. The molecule has 3 heterocycles.